The van der Waals surface area contributed by atoms with E-state index in [4.69, 9.17) is 23.8 Å². The van der Waals surface area contributed by atoms with Crippen molar-refractivity contribution in [2.75, 3.05) is 19.8 Å². The zero-order chi connectivity index (χ0) is 47.6. The first kappa shape index (κ1) is 48.3. The van der Waals surface area contributed by atoms with Crippen molar-refractivity contribution in [3.05, 3.63) is 251 Å². The number of carbonyl (C=O) groups excluding carboxylic acids is 2. The molecule has 11 nitrogen and oxygen atoms in total. The number of ether oxygens (including phenoxy) is 2. The molecule has 0 saturated heterocycles. The zero-order valence-corrected chi connectivity index (χ0v) is 38.0. The van der Waals surface area contributed by atoms with E-state index >= 15 is 0 Å². The van der Waals surface area contributed by atoms with Gasteiger partial charge in [0, 0.05) is 56.9 Å². The zero-order valence-electron chi connectivity index (χ0n) is 38.0. The van der Waals surface area contributed by atoms with Crippen LogP contribution in [0, 0.1) is 0 Å². The summed E-state index contributed by atoms with van der Waals surface area (Å²) < 4.78 is 18.8. The van der Waals surface area contributed by atoms with Crippen molar-refractivity contribution in [2.24, 2.45) is 0 Å². The average molecular weight is 909 g/mol. The van der Waals surface area contributed by atoms with Crippen LogP contribution in [-0.4, -0.2) is 39.1 Å². The lowest BCUT2D eigenvalue weighted by Gasteiger charge is -2.37. The van der Waals surface area contributed by atoms with Crippen LogP contribution in [-0.2, 0) is 19.5 Å². The smallest absolute Gasteiger partial charge is 0.409 e. The fourth-order valence-corrected chi connectivity index (χ4v) is 8.28. The summed E-state index contributed by atoms with van der Waals surface area (Å²) in [5.74, 6) is -0.814. The summed E-state index contributed by atoms with van der Waals surface area (Å²) in [5.41, 5.74) is 8.09. The van der Waals surface area contributed by atoms with Crippen LogP contribution >= 0.6 is 0 Å². The number of fused-ring (bicyclic) bond motifs is 2. The number of aromatic nitrogens is 2. The molecule has 9 rings (SSSR count). The Morgan fingerprint density at radius 3 is 1.31 bits per heavy atom. The van der Waals surface area contributed by atoms with Gasteiger partial charge in [0.15, 0.2) is 13.2 Å². The summed E-state index contributed by atoms with van der Waals surface area (Å²) in [5, 5.41) is 21.4. The van der Waals surface area contributed by atoms with Gasteiger partial charge in [0.25, 0.3) is 0 Å². The quantitative estimate of drug-likeness (QED) is 0.0324. The largest absolute Gasteiger partial charge is 0.871 e. The Labute approximate surface area is 397 Å². The second-order valence-electron chi connectivity index (χ2n) is 15.6. The number of pyridine rings is 2. The first-order chi connectivity index (χ1) is 33.3. The minimum absolute atomic E-state index is 0.159. The fraction of sp³-hybridized carbons (Fsp3) is 0.179. The van der Waals surface area contributed by atoms with E-state index in [0.717, 1.165) is 28.7 Å². The second-order valence-corrected chi connectivity index (χ2v) is 15.6. The molecule has 0 amide bonds. The lowest BCUT2D eigenvalue weighted by atomic mass is 9.67. The van der Waals surface area contributed by atoms with Crippen molar-refractivity contribution in [3.63, 3.8) is 0 Å². The monoisotopic (exact) mass is 908 g/mol. The van der Waals surface area contributed by atoms with Gasteiger partial charge in [-0.1, -0.05) is 152 Å². The van der Waals surface area contributed by atoms with Gasteiger partial charge in [-0.15, -0.1) is 0 Å². The molecule has 2 aliphatic rings. The van der Waals surface area contributed by atoms with Crippen LogP contribution in [0.25, 0.3) is 12.2 Å². The van der Waals surface area contributed by atoms with Gasteiger partial charge in [-0.25, -0.2) is 9.59 Å². The molecule has 5 aromatic carbocycles. The van der Waals surface area contributed by atoms with E-state index in [2.05, 4.69) is 36.4 Å². The average Bonchev–Trinajstić information content (AvgIpc) is 3.99. The van der Waals surface area contributed by atoms with Gasteiger partial charge in [-0.3, -0.25) is 9.68 Å². The van der Waals surface area contributed by atoms with Crippen molar-refractivity contribution in [2.45, 2.75) is 44.3 Å². The van der Waals surface area contributed by atoms with Gasteiger partial charge in [0.2, 0.25) is 12.4 Å². The molecular formula is C56H53BN2O9. The Balaban J connectivity index is 0.000000152. The fourth-order valence-electron chi connectivity index (χ4n) is 8.28. The van der Waals surface area contributed by atoms with E-state index in [9.17, 15) is 19.6 Å². The summed E-state index contributed by atoms with van der Waals surface area (Å²) >= 11 is 0. The standard InChI is InChI=1S/C22H21BO3.2C17H16NO3/c24-23(25)26-18-10-17-22(19-11-4-1-5-12-19,20-13-6-2-7-14-20)21-15-8-3-9-16-21;2*1-2-20-18-12-6-5-9-15(18)17(19)21-16-11-10-13-7-3-4-8-14(13)16/h1-9,11-16H,10,17-18H2;2*3-12,16H,2H2,1H3/q-2;2*+1. The first-order valence-electron chi connectivity index (χ1n) is 22.7. The predicted octanol–water partition coefficient (Wildman–Crippen LogP) is 7.22. The van der Waals surface area contributed by atoms with Crippen LogP contribution < -0.4 is 29.2 Å². The van der Waals surface area contributed by atoms with Gasteiger partial charge < -0.3 is 24.2 Å². The van der Waals surface area contributed by atoms with Crippen LogP contribution in [0.5, 0.6) is 0 Å². The molecule has 0 radical (unpaired) electrons. The maximum atomic E-state index is 12.3. The molecule has 7 aromatic rings. The third-order valence-electron chi connectivity index (χ3n) is 11.3. The van der Waals surface area contributed by atoms with E-state index in [-0.39, 0.29) is 24.2 Å². The van der Waals surface area contributed by atoms with E-state index in [0.29, 0.717) is 31.0 Å². The second kappa shape index (κ2) is 24.2. The number of esters is 2. The minimum atomic E-state index is -2.23. The summed E-state index contributed by atoms with van der Waals surface area (Å²) in [6.07, 6.45) is 11.7. The summed E-state index contributed by atoms with van der Waals surface area (Å²) in [6, 6.07) is 57.3. The number of hydrogen-bond donors (Lipinski definition) is 0. The summed E-state index contributed by atoms with van der Waals surface area (Å²) in [4.78, 5) is 35.5. The Morgan fingerprint density at radius 1 is 0.529 bits per heavy atom. The van der Waals surface area contributed by atoms with Crippen LogP contribution in [0.15, 0.2) is 200 Å². The lowest BCUT2D eigenvalue weighted by molar-refractivity contribution is -0.892. The molecule has 68 heavy (non-hydrogen) atoms. The molecule has 2 unspecified atom stereocenters. The first-order valence-corrected chi connectivity index (χ1v) is 22.7. The number of hydrogen-bond acceptors (Lipinski definition) is 9. The molecule has 2 aromatic heterocycles. The minimum Gasteiger partial charge on any atom is -0.871 e. The number of carbonyl (C=O) groups is 2. The molecule has 12 heteroatoms. The van der Waals surface area contributed by atoms with Crippen LogP contribution in [0.4, 0.5) is 0 Å². The molecule has 2 atom stereocenters. The third kappa shape index (κ3) is 12.0. The van der Waals surface area contributed by atoms with Gasteiger partial charge in [0.1, 0.15) is 12.2 Å². The Kier molecular flexibility index (Phi) is 17.2. The van der Waals surface area contributed by atoms with Gasteiger partial charge >= 0.3 is 23.3 Å². The topological polar surface area (TPSA) is 134 Å². The van der Waals surface area contributed by atoms with E-state index in [1.54, 1.807) is 48.8 Å². The molecule has 2 aliphatic carbocycles. The van der Waals surface area contributed by atoms with E-state index in [1.165, 1.54) is 26.2 Å². The van der Waals surface area contributed by atoms with Crippen LogP contribution in [0.2, 0.25) is 0 Å². The van der Waals surface area contributed by atoms with E-state index in [1.807, 2.05) is 141 Å². The summed E-state index contributed by atoms with van der Waals surface area (Å²) in [6.45, 7) is 4.84. The maximum absolute atomic E-state index is 12.3. The normalized spacial score (nSPS) is 13.9. The molecular weight excluding hydrogens is 855 g/mol. The predicted molar refractivity (Wildman–Crippen MR) is 255 cm³/mol. The Bertz CT molecular complexity index is 2550. The van der Waals surface area contributed by atoms with Crippen molar-refractivity contribution < 1.29 is 52.9 Å². The highest BCUT2D eigenvalue weighted by Gasteiger charge is 2.36. The SMILES string of the molecule is CCO[n+]1ccccc1C(=O)OC1C=Cc2ccccc21.CCO[n+]1ccccc1C(=O)OC1C=Cc2ccccc21.[O-]B([O-])OCCCC(c1ccccc1)(c1ccccc1)c1ccccc1. The van der Waals surface area contributed by atoms with Crippen LogP contribution in [0.1, 0.15) is 98.8 Å². The lowest BCUT2D eigenvalue weighted by Crippen LogP contribution is -2.48. The van der Waals surface area contributed by atoms with Gasteiger partial charge in [0.05, 0.1) is 7.32 Å². The molecule has 344 valence electrons. The summed E-state index contributed by atoms with van der Waals surface area (Å²) in [7, 11) is -2.23. The molecule has 2 heterocycles. The number of benzene rings is 5. The Morgan fingerprint density at radius 2 is 0.912 bits per heavy atom. The van der Waals surface area contributed by atoms with Gasteiger partial charge in [-0.2, -0.15) is 0 Å². The number of nitrogens with zero attached hydrogens (tertiary/aromatic N) is 2. The number of rotatable bonds is 16. The molecule has 0 fully saturated rings. The molecule has 0 spiro atoms. The van der Waals surface area contributed by atoms with Crippen molar-refractivity contribution in [1.29, 1.82) is 0 Å². The third-order valence-corrected chi connectivity index (χ3v) is 11.3. The van der Waals surface area contributed by atoms with Crippen LogP contribution in [0.3, 0.4) is 0 Å². The maximum Gasteiger partial charge on any atom is 0.409 e. The van der Waals surface area contributed by atoms with Gasteiger partial charge in [-0.05, 0) is 78.8 Å². The molecule has 0 saturated carbocycles. The van der Waals surface area contributed by atoms with Crippen molar-refractivity contribution in [3.8, 4) is 0 Å². The molecule has 0 aliphatic heterocycles. The van der Waals surface area contributed by atoms with E-state index < -0.39 is 19.3 Å². The molecule has 0 N–H and O–H groups in total. The highest BCUT2D eigenvalue weighted by atomic mass is 16.7. The molecule has 0 bridgehead atoms. The Hall–Kier alpha value is -7.64. The highest BCUT2D eigenvalue weighted by molar-refractivity contribution is 6.28. The highest BCUT2D eigenvalue weighted by Crippen LogP contribution is 2.43. The van der Waals surface area contributed by atoms with Crippen molar-refractivity contribution >= 4 is 31.4 Å². The van der Waals surface area contributed by atoms with Crippen molar-refractivity contribution in [1.82, 2.24) is 0 Å².